The molecular formula is C5H3F4N. The fraction of sp³-hybridized carbons (Fsp3) is 0.200. The first-order valence-corrected chi connectivity index (χ1v) is 2.42. The molecule has 0 amide bonds. The van der Waals surface area contributed by atoms with Crippen molar-refractivity contribution >= 4 is 0 Å². The van der Waals surface area contributed by atoms with Crippen molar-refractivity contribution < 1.29 is 17.7 Å². The van der Waals surface area contributed by atoms with Gasteiger partial charge in [0.05, 0.1) is 0 Å². The number of hydrogen-bond acceptors (Lipinski definition) is 0. The van der Waals surface area contributed by atoms with Crippen LogP contribution in [0.3, 0.4) is 0 Å². The maximum absolute atomic E-state index is 12.0. The second kappa shape index (κ2) is 2.00. The van der Waals surface area contributed by atoms with Crippen LogP contribution in [-0.2, 0) is 6.18 Å². The van der Waals surface area contributed by atoms with Crippen LogP contribution in [-0.4, -0.2) is 4.79 Å². The standard InChI is InChI=1S/C5H3F4N/c6-5(7,8)4-2-1-3-10(4)9/h1-3H. The molecule has 0 aromatic carbocycles. The van der Waals surface area contributed by atoms with E-state index in [4.69, 9.17) is 0 Å². The first-order valence-electron chi connectivity index (χ1n) is 2.42. The molecule has 0 aliphatic rings. The van der Waals surface area contributed by atoms with Gasteiger partial charge in [-0.05, 0) is 12.1 Å². The summed E-state index contributed by atoms with van der Waals surface area (Å²) in [6, 6.07) is 1.66. The second-order valence-corrected chi connectivity index (χ2v) is 1.70. The Balaban J connectivity index is 3.05. The Morgan fingerprint density at radius 3 is 2.10 bits per heavy atom. The van der Waals surface area contributed by atoms with Crippen LogP contribution in [0.4, 0.5) is 17.7 Å². The molecule has 1 aromatic rings. The predicted molar refractivity (Wildman–Crippen MR) is 25.9 cm³/mol. The van der Waals surface area contributed by atoms with E-state index in [1.807, 2.05) is 0 Å². The van der Waals surface area contributed by atoms with Gasteiger partial charge in [-0.25, -0.2) is 0 Å². The molecule has 0 saturated heterocycles. The summed E-state index contributed by atoms with van der Waals surface area (Å²) in [5.41, 5.74) is -1.28. The van der Waals surface area contributed by atoms with E-state index in [1.165, 1.54) is 0 Å². The molecule has 0 N–H and O–H groups in total. The Labute approximate surface area is 53.8 Å². The molecule has 0 bridgehead atoms. The highest BCUT2D eigenvalue weighted by atomic mass is 19.4. The fourth-order valence-electron chi connectivity index (χ4n) is 0.577. The third-order valence-corrected chi connectivity index (χ3v) is 0.992. The first-order chi connectivity index (χ1) is 4.52. The van der Waals surface area contributed by atoms with Crippen LogP contribution in [0.1, 0.15) is 5.69 Å². The summed E-state index contributed by atoms with van der Waals surface area (Å²) in [5, 5.41) is 0. The molecule has 10 heavy (non-hydrogen) atoms. The number of halogens is 4. The lowest BCUT2D eigenvalue weighted by Gasteiger charge is -2.02. The zero-order valence-corrected chi connectivity index (χ0v) is 4.69. The van der Waals surface area contributed by atoms with Crippen LogP contribution in [0.15, 0.2) is 18.3 Å². The SMILES string of the molecule is Fn1cccc1C(F)(F)F. The van der Waals surface area contributed by atoms with Crippen molar-refractivity contribution in [2.45, 2.75) is 6.18 Å². The summed E-state index contributed by atoms with van der Waals surface area (Å²) in [4.78, 5) is -0.458. The monoisotopic (exact) mass is 153 g/mol. The average Bonchev–Trinajstić information content (AvgIpc) is 2.11. The molecule has 0 saturated carbocycles. The summed E-state index contributed by atoms with van der Waals surface area (Å²) >= 11 is 0. The van der Waals surface area contributed by atoms with Crippen LogP contribution in [0.2, 0.25) is 0 Å². The summed E-state index contributed by atoms with van der Waals surface area (Å²) in [6.45, 7) is 0. The van der Waals surface area contributed by atoms with Gasteiger partial charge in [0.25, 0.3) is 0 Å². The van der Waals surface area contributed by atoms with Gasteiger partial charge in [-0.2, -0.15) is 18.0 Å². The molecule has 0 fully saturated rings. The summed E-state index contributed by atoms with van der Waals surface area (Å²) in [6.07, 6.45) is -3.90. The molecule has 1 heterocycles. The molecule has 0 spiro atoms. The van der Waals surface area contributed by atoms with Gasteiger partial charge >= 0.3 is 6.18 Å². The van der Waals surface area contributed by atoms with Gasteiger partial charge in [0, 0.05) is 6.20 Å². The van der Waals surface area contributed by atoms with E-state index in [9.17, 15) is 17.7 Å². The van der Waals surface area contributed by atoms with E-state index in [-0.39, 0.29) is 0 Å². The molecule has 1 aromatic heterocycles. The van der Waals surface area contributed by atoms with Crippen LogP contribution in [0.5, 0.6) is 0 Å². The van der Waals surface area contributed by atoms with Gasteiger partial charge in [-0.1, -0.05) is 4.48 Å². The van der Waals surface area contributed by atoms with Gasteiger partial charge in [-0.15, -0.1) is 0 Å². The number of rotatable bonds is 0. The van der Waals surface area contributed by atoms with Crippen LogP contribution in [0, 0.1) is 0 Å². The van der Waals surface area contributed by atoms with E-state index < -0.39 is 16.7 Å². The van der Waals surface area contributed by atoms with E-state index >= 15 is 0 Å². The van der Waals surface area contributed by atoms with Gasteiger partial charge in [-0.3, -0.25) is 0 Å². The highest BCUT2D eigenvalue weighted by Gasteiger charge is 2.34. The Morgan fingerprint density at radius 1 is 1.30 bits per heavy atom. The highest BCUT2D eigenvalue weighted by molar-refractivity contribution is 5.08. The van der Waals surface area contributed by atoms with Crippen molar-refractivity contribution in [3.63, 3.8) is 0 Å². The van der Waals surface area contributed by atoms with Crippen LogP contribution < -0.4 is 0 Å². The molecular weight excluding hydrogens is 150 g/mol. The minimum Gasteiger partial charge on any atom is -0.182 e. The van der Waals surface area contributed by atoms with Crippen molar-refractivity contribution in [2.24, 2.45) is 0 Å². The zero-order chi connectivity index (χ0) is 7.78. The second-order valence-electron chi connectivity index (χ2n) is 1.70. The normalized spacial score (nSPS) is 12.0. The lowest BCUT2D eigenvalue weighted by Crippen LogP contribution is -2.08. The van der Waals surface area contributed by atoms with Gasteiger partial charge in [0.15, 0.2) is 5.69 Å². The Bertz CT molecular complexity index is 224. The van der Waals surface area contributed by atoms with Gasteiger partial charge in [0.2, 0.25) is 0 Å². The minimum absolute atomic E-state index is 0.458. The lowest BCUT2D eigenvalue weighted by molar-refractivity contribution is -0.146. The number of alkyl halides is 3. The summed E-state index contributed by atoms with van der Waals surface area (Å²) < 4.78 is 46.9. The number of aromatic nitrogens is 1. The minimum atomic E-state index is -4.60. The summed E-state index contributed by atoms with van der Waals surface area (Å²) in [7, 11) is 0. The van der Waals surface area contributed by atoms with Gasteiger partial charge < -0.3 is 0 Å². The average molecular weight is 153 g/mol. The molecule has 1 nitrogen and oxygen atoms in total. The topological polar surface area (TPSA) is 4.93 Å². The molecule has 0 unspecified atom stereocenters. The largest absolute Gasteiger partial charge is 0.434 e. The van der Waals surface area contributed by atoms with Crippen molar-refractivity contribution in [2.75, 3.05) is 0 Å². The first kappa shape index (κ1) is 7.11. The summed E-state index contributed by atoms with van der Waals surface area (Å²) in [5.74, 6) is 0. The lowest BCUT2D eigenvalue weighted by atomic mass is 10.4. The van der Waals surface area contributed by atoms with Crippen LogP contribution >= 0.6 is 0 Å². The van der Waals surface area contributed by atoms with Crippen molar-refractivity contribution in [3.05, 3.63) is 24.0 Å². The molecule has 0 atom stereocenters. The Hall–Kier alpha value is -1.00. The van der Waals surface area contributed by atoms with Gasteiger partial charge in [0.1, 0.15) is 0 Å². The van der Waals surface area contributed by atoms with E-state index in [0.717, 1.165) is 6.07 Å². The van der Waals surface area contributed by atoms with E-state index in [1.54, 1.807) is 0 Å². The fourth-order valence-corrected chi connectivity index (χ4v) is 0.577. The quantitative estimate of drug-likeness (QED) is 0.503. The zero-order valence-electron chi connectivity index (χ0n) is 4.69. The molecule has 0 aliphatic heterocycles. The smallest absolute Gasteiger partial charge is 0.182 e. The van der Waals surface area contributed by atoms with Crippen molar-refractivity contribution in [1.82, 2.24) is 4.79 Å². The Morgan fingerprint density at radius 2 is 1.90 bits per heavy atom. The maximum atomic E-state index is 12.0. The molecule has 56 valence electrons. The predicted octanol–water partition coefficient (Wildman–Crippen LogP) is 2.24. The van der Waals surface area contributed by atoms with Crippen molar-refractivity contribution in [1.29, 1.82) is 0 Å². The van der Waals surface area contributed by atoms with Crippen LogP contribution in [0.25, 0.3) is 0 Å². The van der Waals surface area contributed by atoms with E-state index in [2.05, 4.69) is 0 Å². The van der Waals surface area contributed by atoms with Crippen molar-refractivity contribution in [3.8, 4) is 0 Å². The molecule has 5 heteroatoms. The third-order valence-electron chi connectivity index (χ3n) is 0.992. The third kappa shape index (κ3) is 1.12. The number of hydrogen-bond donors (Lipinski definition) is 0. The maximum Gasteiger partial charge on any atom is 0.434 e. The molecule has 1 rings (SSSR count). The number of nitrogens with zero attached hydrogens (tertiary/aromatic N) is 1. The molecule has 0 radical (unpaired) electrons. The molecule has 0 aliphatic carbocycles. The highest BCUT2D eigenvalue weighted by Crippen LogP contribution is 2.29. The van der Waals surface area contributed by atoms with E-state index in [0.29, 0.717) is 12.3 Å². The Kier molecular flexibility index (Phi) is 1.42.